The van der Waals surface area contributed by atoms with Gasteiger partial charge in [0.25, 0.3) is 5.91 Å². The molecule has 0 bridgehead atoms. The zero-order valence-electron chi connectivity index (χ0n) is 9.88. The van der Waals surface area contributed by atoms with E-state index in [0.29, 0.717) is 16.3 Å². The highest BCUT2D eigenvalue weighted by Gasteiger charge is 2.12. The molecule has 2 aromatic rings. The molecule has 0 fully saturated rings. The van der Waals surface area contributed by atoms with Crippen LogP contribution in [-0.4, -0.2) is 10.9 Å². The molecular weight excluding hydrogens is 307 g/mol. The molecule has 1 N–H and O–H groups in total. The number of nitrogens with one attached hydrogen (secondary N) is 1. The first kappa shape index (κ1) is 14.1. The molecule has 1 aromatic heterocycles. The Morgan fingerprint density at radius 3 is 2.58 bits per heavy atom. The van der Waals surface area contributed by atoms with E-state index in [1.165, 1.54) is 0 Å². The summed E-state index contributed by atoms with van der Waals surface area (Å²) in [5.41, 5.74) is 1.62. The summed E-state index contributed by atoms with van der Waals surface area (Å²) in [6.45, 7) is 1.78. The van der Waals surface area contributed by atoms with Crippen molar-refractivity contribution in [3.8, 4) is 0 Å². The van der Waals surface area contributed by atoms with Crippen LogP contribution in [0.5, 0.6) is 0 Å². The third kappa shape index (κ3) is 3.38. The van der Waals surface area contributed by atoms with Gasteiger partial charge >= 0.3 is 0 Å². The number of aryl methyl sites for hydroxylation is 1. The van der Waals surface area contributed by atoms with Crippen molar-refractivity contribution in [3.63, 3.8) is 0 Å². The lowest BCUT2D eigenvalue weighted by atomic mass is 10.2. The molecule has 0 unspecified atom stereocenters. The summed E-state index contributed by atoms with van der Waals surface area (Å²) in [6.07, 6.45) is 0. The molecule has 3 nitrogen and oxygen atoms in total. The Bertz CT molecular complexity index is 621. The highest BCUT2D eigenvalue weighted by Crippen LogP contribution is 2.27. The number of aromatic nitrogens is 1. The zero-order valence-corrected chi connectivity index (χ0v) is 12.1. The van der Waals surface area contributed by atoms with Crippen molar-refractivity contribution in [1.82, 2.24) is 4.98 Å². The van der Waals surface area contributed by atoms with Crippen LogP contribution in [0.4, 0.5) is 5.69 Å². The van der Waals surface area contributed by atoms with Crippen molar-refractivity contribution in [2.75, 3.05) is 5.32 Å². The highest BCUT2D eigenvalue weighted by molar-refractivity contribution is 6.35. The summed E-state index contributed by atoms with van der Waals surface area (Å²) < 4.78 is 0. The van der Waals surface area contributed by atoms with Gasteiger partial charge in [-0.15, -0.1) is 0 Å². The Morgan fingerprint density at radius 2 is 1.95 bits per heavy atom. The molecule has 0 aliphatic rings. The quantitative estimate of drug-likeness (QED) is 0.823. The van der Waals surface area contributed by atoms with Gasteiger partial charge in [-0.1, -0.05) is 40.9 Å². The number of carbonyl (C=O) groups excluding carboxylic acids is 1. The van der Waals surface area contributed by atoms with E-state index in [2.05, 4.69) is 10.3 Å². The maximum Gasteiger partial charge on any atom is 0.255 e. The number of benzene rings is 1. The van der Waals surface area contributed by atoms with Gasteiger partial charge in [-0.05, 0) is 36.8 Å². The van der Waals surface area contributed by atoms with E-state index in [-0.39, 0.29) is 16.2 Å². The highest BCUT2D eigenvalue weighted by atomic mass is 35.5. The van der Waals surface area contributed by atoms with Crippen LogP contribution in [0.2, 0.25) is 15.3 Å². The van der Waals surface area contributed by atoms with Crippen LogP contribution in [0.25, 0.3) is 0 Å². The lowest BCUT2D eigenvalue weighted by Gasteiger charge is -2.10. The van der Waals surface area contributed by atoms with Gasteiger partial charge < -0.3 is 5.32 Å². The van der Waals surface area contributed by atoms with Crippen LogP contribution in [0.1, 0.15) is 15.9 Å². The number of hydrogen-bond acceptors (Lipinski definition) is 2. The predicted octanol–water partition coefficient (Wildman–Crippen LogP) is 4.60. The summed E-state index contributed by atoms with van der Waals surface area (Å²) in [5, 5.41) is 3.62. The largest absolute Gasteiger partial charge is 0.319 e. The third-order valence-electron chi connectivity index (χ3n) is 2.47. The van der Waals surface area contributed by atoms with Gasteiger partial charge in [0.2, 0.25) is 0 Å². The van der Waals surface area contributed by atoms with Crippen LogP contribution >= 0.6 is 34.8 Å². The molecule has 0 saturated carbocycles. The van der Waals surface area contributed by atoms with Gasteiger partial charge in [0.15, 0.2) is 5.15 Å². The van der Waals surface area contributed by atoms with E-state index < -0.39 is 0 Å². The third-order valence-corrected chi connectivity index (χ3v) is 3.17. The Morgan fingerprint density at radius 1 is 1.21 bits per heavy atom. The second-order valence-electron chi connectivity index (χ2n) is 3.89. The van der Waals surface area contributed by atoms with Crippen molar-refractivity contribution in [3.05, 3.63) is 56.8 Å². The maximum absolute atomic E-state index is 12.1. The van der Waals surface area contributed by atoms with Gasteiger partial charge in [-0.3, -0.25) is 4.79 Å². The molecule has 0 aliphatic carbocycles. The van der Waals surface area contributed by atoms with Crippen molar-refractivity contribution < 1.29 is 4.79 Å². The molecule has 98 valence electrons. The SMILES string of the molecule is Cc1cc(Cl)nc(Cl)c1NC(=O)c1cccc(Cl)c1. The van der Waals surface area contributed by atoms with Crippen LogP contribution in [0, 0.1) is 6.92 Å². The minimum absolute atomic E-state index is 0.153. The first-order valence-electron chi connectivity index (χ1n) is 5.37. The second-order valence-corrected chi connectivity index (χ2v) is 5.07. The molecule has 1 heterocycles. The normalized spacial score (nSPS) is 10.3. The molecule has 1 amide bonds. The predicted molar refractivity (Wildman–Crippen MR) is 78.4 cm³/mol. The monoisotopic (exact) mass is 314 g/mol. The molecule has 6 heteroatoms. The molecule has 1 aromatic carbocycles. The number of pyridine rings is 1. The second kappa shape index (κ2) is 5.78. The fraction of sp³-hybridized carbons (Fsp3) is 0.0769. The number of amides is 1. The fourth-order valence-electron chi connectivity index (χ4n) is 1.56. The summed E-state index contributed by atoms with van der Waals surface area (Å²) in [4.78, 5) is 16.0. The average molecular weight is 316 g/mol. The lowest BCUT2D eigenvalue weighted by Crippen LogP contribution is -2.13. The summed E-state index contributed by atoms with van der Waals surface area (Å²) in [5.74, 6) is -0.309. The maximum atomic E-state index is 12.1. The number of anilines is 1. The van der Waals surface area contributed by atoms with Crippen molar-refractivity contribution in [1.29, 1.82) is 0 Å². The Hall–Kier alpha value is -1.29. The van der Waals surface area contributed by atoms with Crippen molar-refractivity contribution in [2.45, 2.75) is 6.92 Å². The van der Waals surface area contributed by atoms with Crippen LogP contribution in [0.15, 0.2) is 30.3 Å². The van der Waals surface area contributed by atoms with E-state index in [1.54, 1.807) is 37.3 Å². The van der Waals surface area contributed by atoms with E-state index in [4.69, 9.17) is 34.8 Å². The first-order valence-corrected chi connectivity index (χ1v) is 6.50. The molecule has 0 spiro atoms. The lowest BCUT2D eigenvalue weighted by molar-refractivity contribution is 0.102. The summed E-state index contributed by atoms with van der Waals surface area (Å²) >= 11 is 17.6. The van der Waals surface area contributed by atoms with Crippen molar-refractivity contribution in [2.24, 2.45) is 0 Å². The number of halogens is 3. The van der Waals surface area contributed by atoms with Gasteiger partial charge in [0.1, 0.15) is 5.15 Å². The topological polar surface area (TPSA) is 42.0 Å². The molecule has 0 atom stereocenters. The molecule has 0 aliphatic heterocycles. The minimum Gasteiger partial charge on any atom is -0.319 e. The Labute approximate surface area is 125 Å². The first-order chi connectivity index (χ1) is 8.97. The molecule has 19 heavy (non-hydrogen) atoms. The Balaban J connectivity index is 2.29. The summed E-state index contributed by atoms with van der Waals surface area (Å²) in [7, 11) is 0. The van der Waals surface area contributed by atoms with Gasteiger partial charge in [0, 0.05) is 10.6 Å². The van der Waals surface area contributed by atoms with Gasteiger partial charge in [-0.2, -0.15) is 0 Å². The van der Waals surface area contributed by atoms with E-state index in [9.17, 15) is 4.79 Å². The van der Waals surface area contributed by atoms with Gasteiger partial charge in [0.05, 0.1) is 5.69 Å². The van der Waals surface area contributed by atoms with Gasteiger partial charge in [-0.25, -0.2) is 4.98 Å². The summed E-state index contributed by atoms with van der Waals surface area (Å²) in [6, 6.07) is 8.25. The van der Waals surface area contributed by atoms with Crippen molar-refractivity contribution >= 4 is 46.4 Å². The molecular formula is C13H9Cl3N2O. The van der Waals surface area contributed by atoms with Crippen LogP contribution in [-0.2, 0) is 0 Å². The average Bonchev–Trinajstić information content (AvgIpc) is 2.33. The number of nitrogens with zero attached hydrogens (tertiary/aromatic N) is 1. The standard InChI is InChI=1S/C13H9Cl3N2O/c1-7-5-10(15)17-12(16)11(7)18-13(19)8-3-2-4-9(14)6-8/h2-6H,1H3,(H,18,19). The minimum atomic E-state index is -0.309. The number of rotatable bonds is 2. The van der Waals surface area contributed by atoms with E-state index >= 15 is 0 Å². The molecule has 0 radical (unpaired) electrons. The zero-order chi connectivity index (χ0) is 14.0. The number of hydrogen-bond donors (Lipinski definition) is 1. The smallest absolute Gasteiger partial charge is 0.255 e. The molecule has 2 rings (SSSR count). The molecule has 0 saturated heterocycles. The van der Waals surface area contributed by atoms with E-state index in [0.717, 1.165) is 5.56 Å². The van der Waals surface area contributed by atoms with Crippen LogP contribution in [0.3, 0.4) is 0 Å². The van der Waals surface area contributed by atoms with Crippen LogP contribution < -0.4 is 5.32 Å². The Kier molecular flexibility index (Phi) is 4.30. The van der Waals surface area contributed by atoms with E-state index in [1.807, 2.05) is 0 Å². The fourth-order valence-corrected chi connectivity index (χ4v) is 2.33. The number of carbonyl (C=O) groups is 1.